The van der Waals surface area contributed by atoms with Crippen molar-refractivity contribution in [3.63, 3.8) is 0 Å². The average Bonchev–Trinajstić information content (AvgIpc) is 2.74. The Balaban J connectivity index is 1.99. The third-order valence-corrected chi connectivity index (χ3v) is 5.44. The molecule has 2 heterocycles. The van der Waals surface area contributed by atoms with Gasteiger partial charge in [-0.2, -0.15) is 18.4 Å². The van der Waals surface area contributed by atoms with E-state index in [0.29, 0.717) is 22.6 Å². The van der Waals surface area contributed by atoms with Crippen LogP contribution in [0.3, 0.4) is 0 Å². The minimum absolute atomic E-state index is 0.0561. The van der Waals surface area contributed by atoms with E-state index >= 15 is 0 Å². The Morgan fingerprint density at radius 1 is 0.970 bits per heavy atom. The first kappa shape index (κ1) is 22.1. The van der Waals surface area contributed by atoms with Gasteiger partial charge in [-0.1, -0.05) is 0 Å². The number of halogens is 4. The smallest absolute Gasteiger partial charge is 0.324 e. The molecule has 0 spiro atoms. The first-order valence-corrected chi connectivity index (χ1v) is 9.72. The summed E-state index contributed by atoms with van der Waals surface area (Å²) in [5, 5.41) is 9.31. The van der Waals surface area contributed by atoms with Gasteiger partial charge in [0.2, 0.25) is 5.56 Å². The lowest BCUT2D eigenvalue weighted by Crippen LogP contribution is -2.46. The van der Waals surface area contributed by atoms with Gasteiger partial charge < -0.3 is 9.88 Å². The molecule has 1 N–H and O–H groups in total. The third kappa shape index (κ3) is 3.82. The van der Waals surface area contributed by atoms with Crippen molar-refractivity contribution in [2.45, 2.75) is 20.0 Å². The second-order valence-corrected chi connectivity index (χ2v) is 7.59. The largest absolute Gasteiger partial charge is 0.417 e. The molecule has 0 atom stereocenters. The highest BCUT2D eigenvalue weighted by Gasteiger charge is 2.39. The van der Waals surface area contributed by atoms with Crippen LogP contribution in [0.5, 0.6) is 0 Å². The summed E-state index contributed by atoms with van der Waals surface area (Å²) in [6.45, 7) is 2.98. The maximum atomic E-state index is 13.7. The molecular formula is C23H16F4N4O2. The van der Waals surface area contributed by atoms with Gasteiger partial charge in [0.05, 0.1) is 34.1 Å². The predicted molar refractivity (Wildman–Crippen MR) is 113 cm³/mol. The molecule has 0 unspecified atom stereocenters. The third-order valence-electron chi connectivity index (χ3n) is 5.44. The minimum atomic E-state index is -4.82. The quantitative estimate of drug-likeness (QED) is 0.563. The first-order chi connectivity index (χ1) is 15.5. The number of nitrogens with one attached hydrogen (secondary N) is 1. The number of rotatable bonds is 2. The number of nitriles is 1. The molecule has 1 amide bonds. The van der Waals surface area contributed by atoms with Crippen LogP contribution < -0.4 is 15.4 Å². The molecule has 1 aliphatic rings. The van der Waals surface area contributed by atoms with Crippen LogP contribution in [0.4, 0.5) is 34.6 Å². The normalized spacial score (nSPS) is 13.7. The van der Waals surface area contributed by atoms with Crippen molar-refractivity contribution in [2.75, 3.05) is 16.5 Å². The van der Waals surface area contributed by atoms with Gasteiger partial charge in [-0.05, 0) is 55.8 Å². The number of amides is 1. The Labute approximate surface area is 185 Å². The van der Waals surface area contributed by atoms with Gasteiger partial charge in [0.15, 0.2) is 0 Å². The molecule has 1 aliphatic heterocycles. The fraction of sp³-hybridized carbons (Fsp3) is 0.174. The molecule has 0 saturated carbocycles. The number of hydrogen-bond donors (Lipinski definition) is 1. The highest BCUT2D eigenvalue weighted by atomic mass is 19.4. The number of nitrogens with zero attached hydrogens (tertiary/aromatic N) is 3. The van der Waals surface area contributed by atoms with Crippen LogP contribution in [0.25, 0.3) is 0 Å². The molecule has 0 bridgehead atoms. The molecule has 0 saturated heterocycles. The number of alkyl halides is 3. The number of aromatic nitrogens is 1. The summed E-state index contributed by atoms with van der Waals surface area (Å²) in [5.41, 5.74) is -0.883. The number of hydrogen-bond acceptors (Lipinski definition) is 4. The van der Waals surface area contributed by atoms with Gasteiger partial charge in [0, 0.05) is 17.4 Å². The summed E-state index contributed by atoms with van der Waals surface area (Å²) >= 11 is 0. The molecule has 4 rings (SSSR count). The molecule has 10 heteroatoms. The lowest BCUT2D eigenvalue weighted by atomic mass is 9.98. The van der Waals surface area contributed by atoms with Crippen LogP contribution >= 0.6 is 0 Å². The van der Waals surface area contributed by atoms with Gasteiger partial charge in [-0.25, -0.2) is 4.39 Å². The zero-order chi connectivity index (χ0) is 24.1. The number of benzene rings is 2. The Hall–Kier alpha value is -4.13. The number of carbonyl (C=O) groups excluding carboxylic acids is 1. The average molecular weight is 456 g/mol. The van der Waals surface area contributed by atoms with Crippen LogP contribution in [0, 0.1) is 31.0 Å². The van der Waals surface area contributed by atoms with Crippen molar-refractivity contribution in [3.05, 3.63) is 86.6 Å². The van der Waals surface area contributed by atoms with Crippen molar-refractivity contribution in [1.82, 2.24) is 4.98 Å². The van der Waals surface area contributed by atoms with E-state index in [9.17, 15) is 32.4 Å². The number of H-pyrrole nitrogens is 1. The van der Waals surface area contributed by atoms with Crippen molar-refractivity contribution < 1.29 is 22.4 Å². The van der Waals surface area contributed by atoms with Gasteiger partial charge >= 0.3 is 6.18 Å². The standard InChI is InChI=1S/C23H16F4N4O2/c1-12-7-15(24)3-4-18(12)30-11-31(19-5-6-21(32)29-13(19)2)22(33)16-8-14(10-28)17(9-20(16)30)23(25,26)27/h3-9H,11H2,1-2H3,(H,29,32). The summed E-state index contributed by atoms with van der Waals surface area (Å²) in [5.74, 6) is -1.16. The molecule has 168 valence electrons. The maximum Gasteiger partial charge on any atom is 0.417 e. The summed E-state index contributed by atoms with van der Waals surface area (Å²) in [7, 11) is 0. The maximum absolute atomic E-state index is 13.7. The molecule has 6 nitrogen and oxygen atoms in total. The Kier molecular flexibility index (Phi) is 5.20. The van der Waals surface area contributed by atoms with E-state index in [1.807, 2.05) is 0 Å². The van der Waals surface area contributed by atoms with Gasteiger partial charge in [-0.15, -0.1) is 0 Å². The highest BCUT2D eigenvalue weighted by molar-refractivity contribution is 6.13. The van der Waals surface area contributed by atoms with E-state index in [1.54, 1.807) is 13.8 Å². The predicted octanol–water partition coefficient (Wildman–Crippen LogP) is 4.78. The summed E-state index contributed by atoms with van der Waals surface area (Å²) in [6.07, 6.45) is -4.82. The summed E-state index contributed by atoms with van der Waals surface area (Å²) < 4.78 is 54.7. The van der Waals surface area contributed by atoms with Crippen LogP contribution in [0.15, 0.2) is 47.3 Å². The Bertz CT molecular complexity index is 1390. The number of aromatic amines is 1. The second-order valence-electron chi connectivity index (χ2n) is 7.59. The topological polar surface area (TPSA) is 80.2 Å². The molecule has 1 aromatic heterocycles. The van der Waals surface area contributed by atoms with Gasteiger partial charge in [-0.3, -0.25) is 14.5 Å². The molecule has 0 fully saturated rings. The van der Waals surface area contributed by atoms with E-state index in [0.717, 1.165) is 12.1 Å². The number of pyridine rings is 1. The molecule has 3 aromatic rings. The van der Waals surface area contributed by atoms with Crippen molar-refractivity contribution in [3.8, 4) is 6.07 Å². The SMILES string of the molecule is Cc1cc(F)ccc1N1CN(c2ccc(=O)[nH]c2C)C(=O)c2cc(C#N)c(C(F)(F)F)cc21. The van der Waals surface area contributed by atoms with E-state index in [4.69, 9.17) is 0 Å². The lowest BCUT2D eigenvalue weighted by molar-refractivity contribution is -0.137. The monoisotopic (exact) mass is 456 g/mol. The van der Waals surface area contributed by atoms with E-state index in [1.165, 1.54) is 46.2 Å². The zero-order valence-corrected chi connectivity index (χ0v) is 17.4. The fourth-order valence-corrected chi connectivity index (χ4v) is 3.91. The fourth-order valence-electron chi connectivity index (χ4n) is 3.91. The number of carbonyl (C=O) groups is 1. The van der Waals surface area contributed by atoms with Crippen molar-refractivity contribution in [2.24, 2.45) is 0 Å². The lowest BCUT2D eigenvalue weighted by Gasteiger charge is -2.39. The number of aryl methyl sites for hydroxylation is 2. The van der Waals surface area contributed by atoms with Crippen LogP contribution in [-0.2, 0) is 6.18 Å². The van der Waals surface area contributed by atoms with Crippen LogP contribution in [0.2, 0.25) is 0 Å². The van der Waals surface area contributed by atoms with Gasteiger partial charge in [0.25, 0.3) is 5.91 Å². The van der Waals surface area contributed by atoms with Gasteiger partial charge in [0.1, 0.15) is 12.5 Å². The van der Waals surface area contributed by atoms with Crippen LogP contribution in [0.1, 0.15) is 32.7 Å². The summed E-state index contributed by atoms with van der Waals surface area (Å²) in [4.78, 5) is 30.3. The van der Waals surface area contributed by atoms with Crippen molar-refractivity contribution in [1.29, 1.82) is 5.26 Å². The van der Waals surface area contributed by atoms with E-state index in [2.05, 4.69) is 4.98 Å². The van der Waals surface area contributed by atoms with Crippen LogP contribution in [-0.4, -0.2) is 17.6 Å². The molecule has 33 heavy (non-hydrogen) atoms. The summed E-state index contributed by atoms with van der Waals surface area (Å²) in [6, 6.07) is 9.67. The molecule has 2 aromatic carbocycles. The first-order valence-electron chi connectivity index (χ1n) is 9.72. The number of anilines is 3. The molecular weight excluding hydrogens is 440 g/mol. The Morgan fingerprint density at radius 2 is 1.67 bits per heavy atom. The van der Waals surface area contributed by atoms with Crippen molar-refractivity contribution >= 4 is 23.0 Å². The molecule has 0 aliphatic carbocycles. The second kappa shape index (κ2) is 7.78. The minimum Gasteiger partial charge on any atom is -0.324 e. The Morgan fingerprint density at radius 3 is 2.27 bits per heavy atom. The molecule has 0 radical (unpaired) electrons. The zero-order valence-electron chi connectivity index (χ0n) is 17.4. The highest BCUT2D eigenvalue weighted by Crippen LogP contribution is 2.42. The number of fused-ring (bicyclic) bond motifs is 1. The van der Waals surface area contributed by atoms with E-state index in [-0.39, 0.29) is 23.5 Å². The van der Waals surface area contributed by atoms with E-state index < -0.39 is 29.0 Å².